The van der Waals surface area contributed by atoms with Gasteiger partial charge in [-0.25, -0.2) is 0 Å². The minimum absolute atomic E-state index is 0.0162. The molecular formula is C30H38O3. The normalized spacial score (nSPS) is 11.2. The molecule has 0 aliphatic rings. The highest BCUT2D eigenvalue weighted by atomic mass is 16.5. The van der Waals surface area contributed by atoms with E-state index in [2.05, 4.69) is 68.4 Å². The minimum Gasteiger partial charge on any atom is -0.494 e. The van der Waals surface area contributed by atoms with E-state index in [9.17, 15) is 0 Å². The Morgan fingerprint density at radius 2 is 1.42 bits per heavy atom. The number of rotatable bonds is 13. The lowest BCUT2D eigenvalue weighted by atomic mass is 9.93. The van der Waals surface area contributed by atoms with Gasteiger partial charge in [0.05, 0.1) is 6.61 Å². The lowest BCUT2D eigenvalue weighted by Gasteiger charge is -2.14. The largest absolute Gasteiger partial charge is 0.494 e. The van der Waals surface area contributed by atoms with Crippen LogP contribution in [0.5, 0.6) is 5.75 Å². The molecule has 3 nitrogen and oxygen atoms in total. The zero-order chi connectivity index (χ0) is 23.5. The third-order valence-electron chi connectivity index (χ3n) is 6.32. The molecule has 0 saturated carbocycles. The van der Waals surface area contributed by atoms with Crippen molar-refractivity contribution in [2.75, 3.05) is 19.8 Å². The zero-order valence-corrected chi connectivity index (χ0v) is 20.1. The van der Waals surface area contributed by atoms with E-state index in [4.69, 9.17) is 14.9 Å². The van der Waals surface area contributed by atoms with Crippen LogP contribution in [0.3, 0.4) is 0 Å². The standard InChI is InChI=1S/C30H38O3/c1-3-5-6-7-23-8-10-26(11-9-23)28-14-17-30(25(4-2)20-28)27-12-15-29(16-13-27)33-19-18-24(21-31)22-32/h8-17,20,24,31-32H,3-7,18-19,21-22H2,1-2H3. The average molecular weight is 447 g/mol. The van der Waals surface area contributed by atoms with E-state index in [0.717, 1.165) is 18.6 Å². The van der Waals surface area contributed by atoms with Crippen LogP contribution < -0.4 is 4.74 Å². The van der Waals surface area contributed by atoms with Gasteiger partial charge in [-0.3, -0.25) is 0 Å². The van der Waals surface area contributed by atoms with Crippen LogP contribution in [0.4, 0.5) is 0 Å². The van der Waals surface area contributed by atoms with Gasteiger partial charge in [0.25, 0.3) is 0 Å². The van der Waals surface area contributed by atoms with Crippen molar-refractivity contribution in [3.05, 3.63) is 77.9 Å². The predicted molar refractivity (Wildman–Crippen MR) is 138 cm³/mol. The molecule has 0 heterocycles. The fourth-order valence-electron chi connectivity index (χ4n) is 4.10. The fourth-order valence-corrected chi connectivity index (χ4v) is 4.10. The SMILES string of the molecule is CCCCCc1ccc(-c2ccc(-c3ccc(OCCC(CO)CO)cc3)c(CC)c2)cc1. The van der Waals surface area contributed by atoms with Gasteiger partial charge in [-0.15, -0.1) is 0 Å². The van der Waals surface area contributed by atoms with E-state index >= 15 is 0 Å². The number of aliphatic hydroxyl groups is 2. The number of hydrogen-bond donors (Lipinski definition) is 2. The Morgan fingerprint density at radius 3 is 2.06 bits per heavy atom. The summed E-state index contributed by atoms with van der Waals surface area (Å²) >= 11 is 0. The second-order valence-corrected chi connectivity index (χ2v) is 8.77. The van der Waals surface area contributed by atoms with E-state index in [1.165, 1.54) is 52.6 Å². The van der Waals surface area contributed by atoms with Crippen LogP contribution >= 0.6 is 0 Å². The maximum Gasteiger partial charge on any atom is 0.119 e. The zero-order valence-electron chi connectivity index (χ0n) is 20.1. The van der Waals surface area contributed by atoms with E-state index in [-0.39, 0.29) is 19.1 Å². The first-order valence-corrected chi connectivity index (χ1v) is 12.4. The summed E-state index contributed by atoms with van der Waals surface area (Å²) in [5, 5.41) is 18.3. The first kappa shape index (κ1) is 25.0. The Hall–Kier alpha value is -2.62. The van der Waals surface area contributed by atoms with E-state index in [1.54, 1.807) is 0 Å². The van der Waals surface area contributed by atoms with Gasteiger partial charge in [0.2, 0.25) is 0 Å². The van der Waals surface area contributed by atoms with Crippen LogP contribution in [0, 0.1) is 5.92 Å². The van der Waals surface area contributed by atoms with Crippen molar-refractivity contribution < 1.29 is 14.9 Å². The molecule has 0 saturated heterocycles. The summed E-state index contributed by atoms with van der Waals surface area (Å²) in [5.74, 6) is 0.689. The minimum atomic E-state index is -0.118. The summed E-state index contributed by atoms with van der Waals surface area (Å²) in [7, 11) is 0. The second kappa shape index (κ2) is 13.2. The van der Waals surface area contributed by atoms with Gasteiger partial charge in [0.15, 0.2) is 0 Å². The van der Waals surface area contributed by atoms with Gasteiger partial charge < -0.3 is 14.9 Å². The van der Waals surface area contributed by atoms with Crippen LogP contribution in [-0.4, -0.2) is 30.0 Å². The van der Waals surface area contributed by atoms with Crippen molar-refractivity contribution in [3.63, 3.8) is 0 Å². The van der Waals surface area contributed by atoms with Crippen molar-refractivity contribution in [2.24, 2.45) is 5.92 Å². The van der Waals surface area contributed by atoms with Gasteiger partial charge >= 0.3 is 0 Å². The van der Waals surface area contributed by atoms with Crippen molar-refractivity contribution in [3.8, 4) is 28.0 Å². The summed E-state index contributed by atoms with van der Waals surface area (Å²) in [6.07, 6.45) is 6.59. The van der Waals surface area contributed by atoms with Crippen molar-refractivity contribution in [1.82, 2.24) is 0 Å². The number of hydrogen-bond acceptors (Lipinski definition) is 3. The average Bonchev–Trinajstić information content (AvgIpc) is 2.87. The highest BCUT2D eigenvalue weighted by molar-refractivity contribution is 5.74. The number of unbranched alkanes of at least 4 members (excludes halogenated alkanes) is 2. The van der Waals surface area contributed by atoms with Crippen LogP contribution in [0.2, 0.25) is 0 Å². The van der Waals surface area contributed by atoms with E-state index in [0.29, 0.717) is 13.0 Å². The molecule has 176 valence electrons. The van der Waals surface area contributed by atoms with Gasteiger partial charge in [0, 0.05) is 19.1 Å². The maximum absolute atomic E-state index is 9.16. The Labute approximate surface area is 199 Å². The quantitative estimate of drug-likeness (QED) is 0.288. The second-order valence-electron chi connectivity index (χ2n) is 8.77. The van der Waals surface area contributed by atoms with Gasteiger partial charge in [0.1, 0.15) is 5.75 Å². The smallest absolute Gasteiger partial charge is 0.119 e. The summed E-state index contributed by atoms with van der Waals surface area (Å²) in [6.45, 7) is 4.90. The summed E-state index contributed by atoms with van der Waals surface area (Å²) in [4.78, 5) is 0. The molecule has 0 atom stereocenters. The van der Waals surface area contributed by atoms with Crippen LogP contribution in [-0.2, 0) is 12.8 Å². The molecular weight excluding hydrogens is 408 g/mol. The molecule has 33 heavy (non-hydrogen) atoms. The molecule has 0 unspecified atom stereocenters. The third kappa shape index (κ3) is 7.18. The molecule has 0 radical (unpaired) electrons. The number of aryl methyl sites for hydroxylation is 2. The Morgan fingerprint density at radius 1 is 0.758 bits per heavy atom. The third-order valence-corrected chi connectivity index (χ3v) is 6.32. The van der Waals surface area contributed by atoms with Crippen LogP contribution in [0.1, 0.15) is 50.7 Å². The number of benzene rings is 3. The fraction of sp³-hybridized carbons (Fsp3) is 0.400. The highest BCUT2D eigenvalue weighted by Gasteiger charge is 2.09. The maximum atomic E-state index is 9.16. The van der Waals surface area contributed by atoms with Gasteiger partial charge in [-0.05, 0) is 71.2 Å². The summed E-state index contributed by atoms with van der Waals surface area (Å²) in [5.41, 5.74) is 7.72. The van der Waals surface area contributed by atoms with Crippen molar-refractivity contribution in [2.45, 2.75) is 52.4 Å². The van der Waals surface area contributed by atoms with Crippen molar-refractivity contribution in [1.29, 1.82) is 0 Å². The van der Waals surface area contributed by atoms with E-state index in [1.807, 2.05) is 12.1 Å². The molecule has 0 fully saturated rings. The molecule has 0 aromatic heterocycles. The first-order valence-electron chi connectivity index (χ1n) is 12.4. The van der Waals surface area contributed by atoms with E-state index < -0.39 is 0 Å². The molecule has 0 aliphatic heterocycles. The lowest BCUT2D eigenvalue weighted by molar-refractivity contribution is 0.128. The molecule has 3 aromatic carbocycles. The molecule has 0 spiro atoms. The molecule has 2 N–H and O–H groups in total. The number of aliphatic hydroxyl groups excluding tert-OH is 2. The monoisotopic (exact) mass is 446 g/mol. The lowest BCUT2D eigenvalue weighted by Crippen LogP contribution is -2.14. The molecule has 0 bridgehead atoms. The molecule has 3 heteroatoms. The Balaban J connectivity index is 1.68. The first-order chi connectivity index (χ1) is 16.2. The van der Waals surface area contributed by atoms with Gasteiger partial charge in [-0.2, -0.15) is 0 Å². The Bertz CT molecular complexity index is 957. The molecule has 3 aromatic rings. The summed E-state index contributed by atoms with van der Waals surface area (Å²) in [6, 6.07) is 24.0. The molecule has 0 amide bonds. The highest BCUT2D eigenvalue weighted by Crippen LogP contribution is 2.31. The van der Waals surface area contributed by atoms with Crippen molar-refractivity contribution >= 4 is 0 Å². The van der Waals surface area contributed by atoms with Crippen LogP contribution in [0.25, 0.3) is 22.3 Å². The number of ether oxygens (including phenoxy) is 1. The summed E-state index contributed by atoms with van der Waals surface area (Å²) < 4.78 is 5.78. The molecule has 0 aliphatic carbocycles. The Kier molecular flexibility index (Phi) is 9.99. The topological polar surface area (TPSA) is 49.7 Å². The van der Waals surface area contributed by atoms with Crippen LogP contribution in [0.15, 0.2) is 66.7 Å². The molecule has 3 rings (SSSR count). The van der Waals surface area contributed by atoms with Gasteiger partial charge in [-0.1, -0.05) is 81.3 Å². The predicted octanol–water partition coefficient (Wildman–Crippen LogP) is 6.69.